The van der Waals surface area contributed by atoms with Crippen molar-refractivity contribution >= 4 is 67.6 Å². The van der Waals surface area contributed by atoms with Crippen molar-refractivity contribution in [1.82, 2.24) is 19.9 Å². The van der Waals surface area contributed by atoms with E-state index in [-0.39, 0.29) is 47.6 Å². The summed E-state index contributed by atoms with van der Waals surface area (Å²) in [5, 5.41) is 17.8. The number of methoxy groups -OCH3 is 1. The van der Waals surface area contributed by atoms with Crippen molar-refractivity contribution < 1.29 is 41.7 Å². The topological polar surface area (TPSA) is 198 Å². The van der Waals surface area contributed by atoms with Gasteiger partial charge in [-0.3, -0.25) is 10.1 Å². The Labute approximate surface area is 407 Å². The third kappa shape index (κ3) is 10.7. The van der Waals surface area contributed by atoms with Gasteiger partial charge in [0.15, 0.2) is 27.8 Å². The van der Waals surface area contributed by atoms with Crippen LogP contribution < -0.4 is 30.2 Å². The second-order valence-corrected chi connectivity index (χ2v) is 19.7. The number of anilines is 1. The lowest BCUT2D eigenvalue weighted by molar-refractivity contribution is -0.145. The first kappa shape index (κ1) is 47.8. The first-order chi connectivity index (χ1) is 32.7. The van der Waals surface area contributed by atoms with E-state index in [0.29, 0.717) is 56.1 Å². The SMILES string of the molecule is CCNC(=O)Nc1nc(S(=O)(=O)N2Cc3cc4c(cc3CC2C(=O)N[C@@H](Cc2ccc(-c3ccc(C#N)cc3)cc2)C(=O)OC)OC[C@H](c2ccc(OCc3ccc(Cl)c(Cl)c3)cc2)O4)c(C)s1. The highest BCUT2D eigenvalue weighted by molar-refractivity contribution is 7.89. The van der Waals surface area contributed by atoms with E-state index in [0.717, 1.165) is 37.9 Å². The number of aryl methyl sites for hydroxylation is 1. The maximum Gasteiger partial charge on any atom is 0.328 e. The second-order valence-electron chi connectivity index (χ2n) is 15.9. The number of carbonyl (C=O) groups excluding carboxylic acids is 3. The zero-order chi connectivity index (χ0) is 48.1. The Morgan fingerprint density at radius 1 is 0.926 bits per heavy atom. The number of hydrogen-bond donors (Lipinski definition) is 3. The number of esters is 1. The number of thiazole rings is 1. The average molecular weight is 996 g/mol. The lowest BCUT2D eigenvalue weighted by Crippen LogP contribution is -2.56. The first-order valence-corrected chi connectivity index (χ1v) is 24.4. The monoisotopic (exact) mass is 994 g/mol. The van der Waals surface area contributed by atoms with Crippen LogP contribution in [-0.2, 0) is 50.3 Å². The molecule has 2 aliphatic rings. The maximum atomic E-state index is 14.8. The van der Waals surface area contributed by atoms with Crippen molar-refractivity contribution in [1.29, 1.82) is 5.26 Å². The Bertz CT molecular complexity index is 3020. The molecular formula is C49H44Cl2N6O9S2. The van der Waals surface area contributed by atoms with Gasteiger partial charge in [-0.05, 0) is 108 Å². The third-order valence-electron chi connectivity index (χ3n) is 11.4. The maximum absolute atomic E-state index is 14.8. The number of nitrogens with one attached hydrogen (secondary N) is 3. The van der Waals surface area contributed by atoms with Gasteiger partial charge in [0, 0.05) is 24.4 Å². The lowest BCUT2D eigenvalue weighted by Gasteiger charge is -2.36. The largest absolute Gasteiger partial charge is 0.489 e. The molecule has 1 aromatic heterocycles. The molecule has 8 rings (SSSR count). The zero-order valence-corrected chi connectivity index (χ0v) is 40.0. The summed E-state index contributed by atoms with van der Waals surface area (Å²) in [5.74, 6) is -0.0336. The summed E-state index contributed by atoms with van der Waals surface area (Å²) < 4.78 is 54.4. The fraction of sp³-hybridized carbons (Fsp3) is 0.245. The van der Waals surface area contributed by atoms with Crippen LogP contribution in [0.2, 0.25) is 10.0 Å². The number of urea groups is 1. The van der Waals surface area contributed by atoms with Crippen molar-refractivity contribution in [2.24, 2.45) is 0 Å². The molecule has 3 heterocycles. The first-order valence-electron chi connectivity index (χ1n) is 21.4. The molecule has 0 spiro atoms. The number of hydrogen-bond acceptors (Lipinski definition) is 12. The molecule has 19 heteroatoms. The molecule has 0 aliphatic carbocycles. The fourth-order valence-electron chi connectivity index (χ4n) is 7.84. The number of aromatic nitrogens is 1. The van der Waals surface area contributed by atoms with Crippen LogP contribution in [0.1, 0.15) is 51.3 Å². The van der Waals surface area contributed by atoms with Crippen molar-refractivity contribution in [3.63, 3.8) is 0 Å². The Morgan fingerprint density at radius 3 is 2.29 bits per heavy atom. The number of benzene rings is 5. The summed E-state index contributed by atoms with van der Waals surface area (Å²) in [7, 11) is -3.34. The molecule has 68 heavy (non-hydrogen) atoms. The quantitative estimate of drug-likeness (QED) is 0.0884. The van der Waals surface area contributed by atoms with Crippen LogP contribution in [0.4, 0.5) is 9.93 Å². The molecule has 3 atom stereocenters. The fourth-order valence-corrected chi connectivity index (χ4v) is 11.0. The number of fused-ring (bicyclic) bond motifs is 2. The summed E-state index contributed by atoms with van der Waals surface area (Å²) in [5.41, 5.74) is 5.88. The van der Waals surface area contributed by atoms with Crippen molar-refractivity contribution in [3.05, 3.63) is 151 Å². The molecule has 2 aliphatic heterocycles. The van der Waals surface area contributed by atoms with Gasteiger partial charge in [-0.2, -0.15) is 9.57 Å². The molecule has 1 unspecified atom stereocenters. The standard InChI is InChI=1S/C49H44Cl2N6O9S2/c1-4-53-48(60)56-49-55-46(28(2)67-49)68(61,62)57-25-36-23-43-42(65-27-44(66-43)34-14-16-37(17-15-34)64-26-31-9-18-38(50)39(51)19-31)22-35(36)21-41(57)45(58)54-40(47(59)63-3)20-29-5-10-32(11-6-29)33-12-7-30(24-52)8-13-33/h5-19,22-23,40-41,44H,4,20-21,25-27H2,1-3H3,(H,54,58)(H2,53,55,56,60)/t40-,41?,44+/m0/s1. The minimum atomic E-state index is -4.55. The summed E-state index contributed by atoms with van der Waals surface area (Å²) in [4.78, 5) is 44.8. The molecule has 15 nitrogen and oxygen atoms in total. The van der Waals surface area contributed by atoms with Crippen LogP contribution in [0.3, 0.4) is 0 Å². The molecule has 3 N–H and O–H groups in total. The Balaban J connectivity index is 1.04. The minimum absolute atomic E-state index is 0.0382. The van der Waals surface area contributed by atoms with Gasteiger partial charge in [-0.1, -0.05) is 77.8 Å². The van der Waals surface area contributed by atoms with E-state index in [9.17, 15) is 28.1 Å². The van der Waals surface area contributed by atoms with Gasteiger partial charge >= 0.3 is 12.0 Å². The number of amides is 3. The Kier molecular flexibility index (Phi) is 14.5. The summed E-state index contributed by atoms with van der Waals surface area (Å²) in [6, 6.07) is 29.7. The van der Waals surface area contributed by atoms with E-state index >= 15 is 0 Å². The van der Waals surface area contributed by atoms with Gasteiger partial charge in [0.2, 0.25) is 5.91 Å². The number of sulfonamides is 1. The van der Waals surface area contributed by atoms with Gasteiger partial charge in [0.05, 0.1) is 28.8 Å². The molecule has 0 saturated carbocycles. The van der Waals surface area contributed by atoms with E-state index in [1.165, 1.54) is 7.11 Å². The molecule has 0 bridgehead atoms. The van der Waals surface area contributed by atoms with Gasteiger partial charge in [0.25, 0.3) is 10.0 Å². The molecule has 6 aromatic rings. The number of rotatable bonds is 14. The lowest BCUT2D eigenvalue weighted by atomic mass is 9.93. The van der Waals surface area contributed by atoms with Crippen LogP contribution in [0.5, 0.6) is 17.2 Å². The Hall–Kier alpha value is -6.68. The third-order valence-corrected chi connectivity index (χ3v) is 15.0. The van der Waals surface area contributed by atoms with E-state index in [1.54, 1.807) is 50.2 Å². The van der Waals surface area contributed by atoms with E-state index in [4.69, 9.17) is 42.1 Å². The summed E-state index contributed by atoms with van der Waals surface area (Å²) >= 11 is 13.2. The van der Waals surface area contributed by atoms with Crippen LogP contribution in [0.15, 0.2) is 108 Å². The minimum Gasteiger partial charge on any atom is -0.489 e. The molecule has 0 fully saturated rings. The predicted molar refractivity (Wildman–Crippen MR) is 257 cm³/mol. The second kappa shape index (κ2) is 20.7. The molecular weight excluding hydrogens is 952 g/mol. The van der Waals surface area contributed by atoms with Gasteiger partial charge in [0.1, 0.15) is 31.0 Å². The highest BCUT2D eigenvalue weighted by Gasteiger charge is 2.43. The summed E-state index contributed by atoms with van der Waals surface area (Å²) in [6.45, 7) is 3.83. The van der Waals surface area contributed by atoms with E-state index < -0.39 is 46.1 Å². The molecule has 350 valence electrons. The van der Waals surface area contributed by atoms with Gasteiger partial charge in [-0.25, -0.2) is 23.0 Å². The normalized spacial score (nSPS) is 15.8. The number of nitrogens with zero attached hydrogens (tertiary/aromatic N) is 3. The predicted octanol–water partition coefficient (Wildman–Crippen LogP) is 8.55. The van der Waals surface area contributed by atoms with Gasteiger partial charge < -0.3 is 29.6 Å². The van der Waals surface area contributed by atoms with Crippen LogP contribution in [0.25, 0.3) is 11.1 Å². The van der Waals surface area contributed by atoms with Crippen LogP contribution in [0, 0.1) is 18.3 Å². The van der Waals surface area contributed by atoms with Gasteiger partial charge in [-0.15, -0.1) is 11.3 Å². The number of nitriles is 1. The zero-order valence-electron chi connectivity index (χ0n) is 36.9. The van der Waals surface area contributed by atoms with Crippen LogP contribution in [-0.4, -0.2) is 68.0 Å². The van der Waals surface area contributed by atoms with E-state index in [2.05, 4.69) is 27.0 Å². The molecule has 5 aromatic carbocycles. The smallest absolute Gasteiger partial charge is 0.328 e. The molecule has 0 radical (unpaired) electrons. The highest BCUT2D eigenvalue weighted by Crippen LogP contribution is 2.42. The molecule has 0 saturated heterocycles. The van der Waals surface area contributed by atoms with Crippen LogP contribution >= 0.6 is 34.5 Å². The summed E-state index contributed by atoms with van der Waals surface area (Å²) in [6.07, 6.45) is -0.566. The van der Waals surface area contributed by atoms with Crippen molar-refractivity contribution in [2.45, 2.75) is 63.1 Å². The Morgan fingerprint density at radius 2 is 1.62 bits per heavy atom. The molecule has 3 amide bonds. The number of halogens is 2. The van der Waals surface area contributed by atoms with Crippen molar-refractivity contribution in [2.75, 3.05) is 25.6 Å². The number of ether oxygens (including phenoxy) is 4. The number of carbonyl (C=O) groups is 3. The van der Waals surface area contributed by atoms with Crippen molar-refractivity contribution in [3.8, 4) is 34.4 Å². The van der Waals surface area contributed by atoms with E-state index in [1.807, 2.05) is 66.7 Å². The highest BCUT2D eigenvalue weighted by atomic mass is 35.5. The average Bonchev–Trinajstić information content (AvgIpc) is 3.72.